The molecule has 3 N–H and O–H groups in total. The van der Waals surface area contributed by atoms with E-state index in [1.54, 1.807) is 6.92 Å². The molecule has 1 atom stereocenters. The fourth-order valence-corrected chi connectivity index (χ4v) is 2.77. The summed E-state index contributed by atoms with van der Waals surface area (Å²) in [5, 5.41) is 8.22. The van der Waals surface area contributed by atoms with Crippen LogP contribution in [0.5, 0.6) is 0 Å². The molecule has 1 aliphatic rings. The van der Waals surface area contributed by atoms with Gasteiger partial charge in [-0.2, -0.15) is 5.10 Å². The lowest BCUT2D eigenvalue weighted by Crippen LogP contribution is -2.59. The van der Waals surface area contributed by atoms with Crippen LogP contribution in [0.25, 0.3) is 0 Å². The van der Waals surface area contributed by atoms with Crippen molar-refractivity contribution < 1.29 is 28.4 Å². The van der Waals surface area contributed by atoms with E-state index in [1.807, 2.05) is 5.32 Å². The van der Waals surface area contributed by atoms with Crippen molar-refractivity contribution in [3.63, 3.8) is 0 Å². The maximum absolute atomic E-state index is 14.0. The number of carbonyl (C=O) groups excluding carboxylic acids is 5. The summed E-state index contributed by atoms with van der Waals surface area (Å²) in [5.41, 5.74) is 2.57. The molecule has 2 aromatic rings. The number of halogens is 1. The molecule has 0 unspecified atom stereocenters. The fourth-order valence-electron chi connectivity index (χ4n) is 2.77. The third-order valence-electron chi connectivity index (χ3n) is 4.44. The summed E-state index contributed by atoms with van der Waals surface area (Å²) < 4.78 is 14.0. The number of carbonyl (C=O) groups is 5. The molecule has 0 bridgehead atoms. The Morgan fingerprint density at radius 2 is 1.81 bits per heavy atom. The Morgan fingerprint density at radius 1 is 1.12 bits per heavy atom. The van der Waals surface area contributed by atoms with Gasteiger partial charge in [0, 0.05) is 23.9 Å². The van der Waals surface area contributed by atoms with E-state index >= 15 is 0 Å². The minimum absolute atomic E-state index is 0.176. The Kier molecular flexibility index (Phi) is 6.68. The molecular weight excluding hydrogens is 421 g/mol. The Hall–Kier alpha value is -4.41. The van der Waals surface area contributed by atoms with Gasteiger partial charge in [0.05, 0.1) is 5.69 Å². The summed E-state index contributed by atoms with van der Waals surface area (Å²) in [6.45, 7) is 1.71. The predicted octanol–water partition coefficient (Wildman–Crippen LogP) is 1.79. The third kappa shape index (κ3) is 4.83. The second-order valence-corrected chi connectivity index (χ2v) is 6.60. The SMILES string of the molecule is CCC(=O)Nc1ccc(C(=O)N/N=C\[C@H]2C(=O)NC(=O)N(c3ccccc3F)C2=O)cc1. The van der Waals surface area contributed by atoms with Crippen molar-refractivity contribution in [3.8, 4) is 0 Å². The van der Waals surface area contributed by atoms with Crippen molar-refractivity contribution >= 4 is 47.2 Å². The van der Waals surface area contributed by atoms with Crippen LogP contribution in [0, 0.1) is 11.7 Å². The van der Waals surface area contributed by atoms with E-state index in [0.717, 1.165) is 12.3 Å². The zero-order valence-corrected chi connectivity index (χ0v) is 16.8. The predicted molar refractivity (Wildman–Crippen MR) is 112 cm³/mol. The molecule has 0 radical (unpaired) electrons. The van der Waals surface area contributed by atoms with Crippen molar-refractivity contribution in [2.24, 2.45) is 11.0 Å². The Morgan fingerprint density at radius 3 is 2.47 bits per heavy atom. The number of hydrogen-bond acceptors (Lipinski definition) is 6. The molecule has 2 aromatic carbocycles. The van der Waals surface area contributed by atoms with Gasteiger partial charge in [-0.1, -0.05) is 19.1 Å². The Labute approximate surface area is 181 Å². The van der Waals surface area contributed by atoms with Crippen LogP contribution in [0.4, 0.5) is 20.6 Å². The van der Waals surface area contributed by atoms with Crippen molar-refractivity contribution in [1.29, 1.82) is 0 Å². The number of nitrogens with one attached hydrogen (secondary N) is 3. The highest BCUT2D eigenvalue weighted by Gasteiger charge is 2.41. The van der Waals surface area contributed by atoms with Crippen LogP contribution < -0.4 is 21.0 Å². The number of nitrogens with zero attached hydrogens (tertiary/aromatic N) is 2. The normalized spacial score (nSPS) is 16.1. The number of barbiturate groups is 1. The summed E-state index contributed by atoms with van der Waals surface area (Å²) in [6.07, 6.45) is 1.16. The quantitative estimate of drug-likeness (QED) is 0.358. The van der Waals surface area contributed by atoms with Gasteiger partial charge in [0.15, 0.2) is 5.92 Å². The first kappa shape index (κ1) is 22.3. The molecular formula is C21H18FN5O5. The van der Waals surface area contributed by atoms with E-state index in [-0.39, 0.29) is 17.2 Å². The van der Waals surface area contributed by atoms with E-state index in [1.165, 1.54) is 42.5 Å². The molecule has 11 heteroatoms. The first-order valence-electron chi connectivity index (χ1n) is 9.48. The van der Waals surface area contributed by atoms with Gasteiger partial charge in [-0.3, -0.25) is 24.5 Å². The Balaban J connectivity index is 1.68. The summed E-state index contributed by atoms with van der Waals surface area (Å²) >= 11 is 0. The van der Waals surface area contributed by atoms with E-state index in [0.29, 0.717) is 17.0 Å². The van der Waals surface area contributed by atoms with Gasteiger partial charge in [0.1, 0.15) is 5.82 Å². The Bertz CT molecular complexity index is 1120. The summed E-state index contributed by atoms with van der Waals surface area (Å²) in [5.74, 6) is -5.17. The first-order chi connectivity index (χ1) is 15.3. The molecule has 0 aromatic heterocycles. The van der Waals surface area contributed by atoms with Crippen LogP contribution in [0.2, 0.25) is 0 Å². The molecule has 0 saturated carbocycles. The molecule has 10 nitrogen and oxygen atoms in total. The fraction of sp³-hybridized carbons (Fsp3) is 0.143. The third-order valence-corrected chi connectivity index (χ3v) is 4.44. The number of urea groups is 1. The second-order valence-electron chi connectivity index (χ2n) is 6.60. The first-order valence-corrected chi connectivity index (χ1v) is 9.48. The zero-order valence-electron chi connectivity index (χ0n) is 16.8. The van der Waals surface area contributed by atoms with E-state index in [4.69, 9.17) is 0 Å². The van der Waals surface area contributed by atoms with E-state index < -0.39 is 35.5 Å². The lowest BCUT2D eigenvalue weighted by molar-refractivity contribution is -0.131. The van der Waals surface area contributed by atoms with Crippen molar-refractivity contribution in [3.05, 3.63) is 59.9 Å². The van der Waals surface area contributed by atoms with Crippen LogP contribution in [0.1, 0.15) is 23.7 Å². The summed E-state index contributed by atoms with van der Waals surface area (Å²) in [4.78, 5) is 60.8. The number of para-hydroxylation sites is 1. The lowest BCUT2D eigenvalue weighted by Gasteiger charge is -2.28. The minimum atomic E-state index is -1.56. The lowest BCUT2D eigenvalue weighted by atomic mass is 10.1. The average molecular weight is 439 g/mol. The van der Waals surface area contributed by atoms with E-state index in [2.05, 4.69) is 15.8 Å². The van der Waals surface area contributed by atoms with Crippen LogP contribution in [-0.2, 0) is 14.4 Å². The molecule has 1 aliphatic heterocycles. The molecule has 0 spiro atoms. The average Bonchev–Trinajstić information content (AvgIpc) is 2.77. The number of hydrogen-bond donors (Lipinski definition) is 3. The largest absolute Gasteiger partial charge is 0.335 e. The smallest absolute Gasteiger partial charge is 0.326 e. The molecule has 3 rings (SSSR count). The monoisotopic (exact) mass is 439 g/mol. The second kappa shape index (κ2) is 9.60. The number of hydrazone groups is 1. The number of benzene rings is 2. The van der Waals surface area contributed by atoms with Gasteiger partial charge in [0.25, 0.3) is 11.8 Å². The van der Waals surface area contributed by atoms with Gasteiger partial charge in [0.2, 0.25) is 11.8 Å². The van der Waals surface area contributed by atoms with Gasteiger partial charge in [-0.05, 0) is 36.4 Å². The highest BCUT2D eigenvalue weighted by molar-refractivity contribution is 6.32. The summed E-state index contributed by atoms with van der Waals surface area (Å²) in [7, 11) is 0. The number of imide groups is 2. The molecule has 32 heavy (non-hydrogen) atoms. The number of amides is 6. The van der Waals surface area contributed by atoms with Gasteiger partial charge in [-0.25, -0.2) is 19.5 Å². The minimum Gasteiger partial charge on any atom is -0.326 e. The molecule has 164 valence electrons. The highest BCUT2D eigenvalue weighted by atomic mass is 19.1. The van der Waals surface area contributed by atoms with Gasteiger partial charge >= 0.3 is 6.03 Å². The maximum Gasteiger partial charge on any atom is 0.335 e. The molecule has 1 fully saturated rings. The zero-order chi connectivity index (χ0) is 23.3. The van der Waals surface area contributed by atoms with Crippen LogP contribution in [0.3, 0.4) is 0 Å². The van der Waals surface area contributed by atoms with Crippen LogP contribution in [-0.4, -0.2) is 35.9 Å². The van der Waals surface area contributed by atoms with Gasteiger partial charge in [-0.15, -0.1) is 0 Å². The van der Waals surface area contributed by atoms with Crippen molar-refractivity contribution in [2.45, 2.75) is 13.3 Å². The molecule has 6 amide bonds. The standard InChI is InChI=1S/C21H18FN5O5/c1-2-17(28)24-13-9-7-12(8-10-13)18(29)26-23-11-14-19(30)25-21(32)27(20(14)31)16-6-4-3-5-15(16)22/h3-11,14H,2H2,1H3,(H,24,28)(H,26,29)(H,25,30,32)/b23-11-/t14-/m0/s1. The number of anilines is 2. The molecule has 1 saturated heterocycles. The van der Waals surface area contributed by atoms with Crippen molar-refractivity contribution in [1.82, 2.24) is 10.7 Å². The highest BCUT2D eigenvalue weighted by Crippen LogP contribution is 2.23. The molecule has 1 heterocycles. The number of rotatable bonds is 6. The van der Waals surface area contributed by atoms with Crippen molar-refractivity contribution in [2.75, 3.05) is 10.2 Å². The van der Waals surface area contributed by atoms with Crippen LogP contribution in [0.15, 0.2) is 53.6 Å². The molecule has 0 aliphatic carbocycles. The van der Waals surface area contributed by atoms with Crippen LogP contribution >= 0.6 is 0 Å². The topological polar surface area (TPSA) is 137 Å². The summed E-state index contributed by atoms with van der Waals surface area (Å²) in [6, 6.07) is 9.96. The maximum atomic E-state index is 14.0. The van der Waals surface area contributed by atoms with E-state index in [9.17, 15) is 28.4 Å². The van der Waals surface area contributed by atoms with Gasteiger partial charge < -0.3 is 5.32 Å².